The fraction of sp³-hybridized carbons (Fsp3) is 0.400. The summed E-state index contributed by atoms with van der Waals surface area (Å²) in [5.74, 6) is 0.0891. The van der Waals surface area contributed by atoms with Gasteiger partial charge in [0.2, 0.25) is 5.91 Å². The molecule has 3 rings (SSSR count). The Morgan fingerprint density at radius 2 is 2.07 bits per heavy atom. The minimum Gasteiger partial charge on any atom is -0.369 e. The zero-order chi connectivity index (χ0) is 19.2. The molecular weight excluding hydrogens is 342 g/mol. The zero-order valence-electron chi connectivity index (χ0n) is 15.5. The van der Waals surface area contributed by atoms with Crippen molar-refractivity contribution in [1.82, 2.24) is 20.2 Å². The summed E-state index contributed by atoms with van der Waals surface area (Å²) in [5.41, 5.74) is 7.39. The summed E-state index contributed by atoms with van der Waals surface area (Å²) in [7, 11) is 0. The van der Waals surface area contributed by atoms with E-state index in [2.05, 4.69) is 20.2 Å². The molecule has 1 aromatic heterocycles. The van der Waals surface area contributed by atoms with Crippen LogP contribution in [0.25, 0.3) is 11.3 Å². The van der Waals surface area contributed by atoms with Gasteiger partial charge >= 0.3 is 0 Å². The number of hydrogen-bond donors (Lipinski definition) is 2. The Labute approximate surface area is 159 Å². The molecule has 0 bridgehead atoms. The number of primary amides is 1. The van der Waals surface area contributed by atoms with Crippen LogP contribution in [0, 0.1) is 12.8 Å². The highest BCUT2D eigenvalue weighted by atomic mass is 16.2. The Kier molecular flexibility index (Phi) is 6.13. The third-order valence-electron chi connectivity index (χ3n) is 4.82. The lowest BCUT2D eigenvalue weighted by Crippen LogP contribution is -2.44. The van der Waals surface area contributed by atoms with Crippen LogP contribution < -0.4 is 11.1 Å². The fourth-order valence-corrected chi connectivity index (χ4v) is 3.37. The standard InChI is InChI=1S/C20H25N5O2/c1-14-23-12-17(18(24-14)15-6-3-2-4-7-15)20(27)22-9-11-25-10-5-8-16(13-25)19(21)26/h2-4,6-7,12,16H,5,8-11,13H2,1H3,(H2,21,26)(H,22,27). The van der Waals surface area contributed by atoms with E-state index in [9.17, 15) is 9.59 Å². The summed E-state index contributed by atoms with van der Waals surface area (Å²) in [4.78, 5) is 34.9. The highest BCUT2D eigenvalue weighted by Gasteiger charge is 2.23. The molecule has 0 radical (unpaired) electrons. The Balaban J connectivity index is 1.63. The molecule has 2 amide bonds. The van der Waals surface area contributed by atoms with E-state index < -0.39 is 0 Å². The number of piperidine rings is 1. The monoisotopic (exact) mass is 367 g/mol. The molecule has 1 saturated heterocycles. The second kappa shape index (κ2) is 8.73. The molecule has 7 nitrogen and oxygen atoms in total. The number of aromatic nitrogens is 2. The van der Waals surface area contributed by atoms with Crippen molar-refractivity contribution >= 4 is 11.8 Å². The number of carbonyl (C=O) groups excluding carboxylic acids is 2. The number of nitrogens with zero attached hydrogens (tertiary/aromatic N) is 3. The Morgan fingerprint density at radius 1 is 1.30 bits per heavy atom. The first kappa shape index (κ1) is 19.0. The molecule has 0 aliphatic carbocycles. The van der Waals surface area contributed by atoms with Crippen LogP contribution in [0.2, 0.25) is 0 Å². The van der Waals surface area contributed by atoms with Gasteiger partial charge in [0.15, 0.2) is 0 Å². The topological polar surface area (TPSA) is 101 Å². The Bertz CT molecular complexity index is 809. The van der Waals surface area contributed by atoms with Crippen LogP contribution in [-0.4, -0.2) is 52.9 Å². The van der Waals surface area contributed by atoms with Gasteiger partial charge in [-0.3, -0.25) is 9.59 Å². The van der Waals surface area contributed by atoms with E-state index in [4.69, 9.17) is 5.73 Å². The van der Waals surface area contributed by atoms with Gasteiger partial charge < -0.3 is 16.0 Å². The molecule has 1 aliphatic heterocycles. The Morgan fingerprint density at radius 3 is 2.81 bits per heavy atom. The van der Waals surface area contributed by atoms with E-state index in [1.165, 1.54) is 0 Å². The van der Waals surface area contributed by atoms with Crippen LogP contribution in [0.4, 0.5) is 0 Å². The maximum Gasteiger partial charge on any atom is 0.255 e. The molecule has 1 atom stereocenters. The van der Waals surface area contributed by atoms with Crippen molar-refractivity contribution in [2.24, 2.45) is 11.7 Å². The number of aryl methyl sites for hydroxylation is 1. The van der Waals surface area contributed by atoms with Crippen LogP contribution in [0.3, 0.4) is 0 Å². The molecule has 0 spiro atoms. The van der Waals surface area contributed by atoms with E-state index in [1.807, 2.05) is 30.3 Å². The molecule has 27 heavy (non-hydrogen) atoms. The first-order valence-corrected chi connectivity index (χ1v) is 9.23. The summed E-state index contributed by atoms with van der Waals surface area (Å²) in [5, 5.41) is 2.94. The smallest absolute Gasteiger partial charge is 0.255 e. The normalized spacial score (nSPS) is 17.4. The van der Waals surface area contributed by atoms with Crippen molar-refractivity contribution in [2.45, 2.75) is 19.8 Å². The number of carbonyl (C=O) groups is 2. The first-order valence-electron chi connectivity index (χ1n) is 9.23. The van der Waals surface area contributed by atoms with Crippen molar-refractivity contribution < 1.29 is 9.59 Å². The minimum atomic E-state index is -0.243. The summed E-state index contributed by atoms with van der Waals surface area (Å²) < 4.78 is 0. The lowest BCUT2D eigenvalue weighted by atomic mass is 9.97. The predicted octanol–water partition coefficient (Wildman–Crippen LogP) is 1.38. The molecule has 1 aromatic carbocycles. The van der Waals surface area contributed by atoms with Gasteiger partial charge in [-0.2, -0.15) is 0 Å². The van der Waals surface area contributed by atoms with Crippen molar-refractivity contribution in [3.8, 4) is 11.3 Å². The maximum absolute atomic E-state index is 12.7. The van der Waals surface area contributed by atoms with E-state index in [-0.39, 0.29) is 17.7 Å². The summed E-state index contributed by atoms with van der Waals surface area (Å²) in [6.07, 6.45) is 3.37. The van der Waals surface area contributed by atoms with Crippen molar-refractivity contribution in [3.63, 3.8) is 0 Å². The molecule has 1 fully saturated rings. The zero-order valence-corrected chi connectivity index (χ0v) is 15.5. The molecule has 1 aliphatic rings. The van der Waals surface area contributed by atoms with Gasteiger partial charge in [0.1, 0.15) is 5.82 Å². The third-order valence-corrected chi connectivity index (χ3v) is 4.82. The molecule has 3 N–H and O–H groups in total. The van der Waals surface area contributed by atoms with Gasteiger partial charge in [-0.15, -0.1) is 0 Å². The van der Waals surface area contributed by atoms with Crippen LogP contribution in [0.5, 0.6) is 0 Å². The van der Waals surface area contributed by atoms with Gasteiger partial charge in [0.25, 0.3) is 5.91 Å². The quantitative estimate of drug-likeness (QED) is 0.803. The third kappa shape index (κ3) is 4.89. The van der Waals surface area contributed by atoms with Gasteiger partial charge in [0, 0.05) is 31.4 Å². The molecule has 2 heterocycles. The largest absolute Gasteiger partial charge is 0.369 e. The van der Waals surface area contributed by atoms with Crippen molar-refractivity contribution in [1.29, 1.82) is 0 Å². The lowest BCUT2D eigenvalue weighted by molar-refractivity contribution is -0.123. The first-order chi connectivity index (χ1) is 13.0. The maximum atomic E-state index is 12.7. The predicted molar refractivity (Wildman–Crippen MR) is 103 cm³/mol. The van der Waals surface area contributed by atoms with E-state index in [0.29, 0.717) is 36.7 Å². The SMILES string of the molecule is Cc1ncc(C(=O)NCCN2CCCC(C(N)=O)C2)c(-c2ccccc2)n1. The Hall–Kier alpha value is -2.80. The fourth-order valence-electron chi connectivity index (χ4n) is 3.37. The number of rotatable bonds is 6. The lowest BCUT2D eigenvalue weighted by Gasteiger charge is -2.31. The highest BCUT2D eigenvalue weighted by molar-refractivity contribution is 5.99. The molecule has 7 heteroatoms. The van der Waals surface area contributed by atoms with E-state index >= 15 is 0 Å². The van der Waals surface area contributed by atoms with Gasteiger partial charge in [0.05, 0.1) is 17.2 Å². The number of likely N-dealkylation sites (tertiary alicyclic amines) is 1. The summed E-state index contributed by atoms with van der Waals surface area (Å²) >= 11 is 0. The van der Waals surface area contributed by atoms with Crippen LogP contribution in [0.1, 0.15) is 29.0 Å². The average Bonchev–Trinajstić information content (AvgIpc) is 2.68. The number of hydrogen-bond acceptors (Lipinski definition) is 5. The van der Waals surface area contributed by atoms with Gasteiger partial charge in [-0.05, 0) is 26.3 Å². The van der Waals surface area contributed by atoms with Crippen LogP contribution >= 0.6 is 0 Å². The van der Waals surface area contributed by atoms with E-state index in [0.717, 1.165) is 24.9 Å². The molecule has 0 saturated carbocycles. The second-order valence-corrected chi connectivity index (χ2v) is 6.84. The van der Waals surface area contributed by atoms with Gasteiger partial charge in [-0.25, -0.2) is 9.97 Å². The molecule has 142 valence electrons. The number of amides is 2. The highest BCUT2D eigenvalue weighted by Crippen LogP contribution is 2.21. The molecular formula is C20H25N5O2. The van der Waals surface area contributed by atoms with Crippen LogP contribution in [-0.2, 0) is 4.79 Å². The summed E-state index contributed by atoms with van der Waals surface area (Å²) in [6, 6.07) is 9.61. The van der Waals surface area contributed by atoms with E-state index in [1.54, 1.807) is 13.1 Å². The average molecular weight is 367 g/mol. The number of benzene rings is 1. The van der Waals surface area contributed by atoms with Gasteiger partial charge in [-0.1, -0.05) is 30.3 Å². The number of nitrogens with one attached hydrogen (secondary N) is 1. The minimum absolute atomic E-state index is 0.0929. The van der Waals surface area contributed by atoms with Crippen molar-refractivity contribution in [2.75, 3.05) is 26.2 Å². The number of nitrogens with two attached hydrogens (primary N) is 1. The summed E-state index contributed by atoms with van der Waals surface area (Å²) in [6.45, 7) is 4.56. The molecule has 2 aromatic rings. The van der Waals surface area contributed by atoms with Crippen molar-refractivity contribution in [3.05, 3.63) is 47.9 Å². The molecule has 1 unspecified atom stereocenters. The second-order valence-electron chi connectivity index (χ2n) is 6.84. The van der Waals surface area contributed by atoms with Crippen LogP contribution in [0.15, 0.2) is 36.5 Å².